The Morgan fingerprint density at radius 1 is 1.38 bits per heavy atom. The summed E-state index contributed by atoms with van der Waals surface area (Å²) in [5.74, 6) is 0.943. The van der Waals surface area contributed by atoms with Gasteiger partial charge in [0.05, 0.1) is 6.61 Å². The number of hydrogen-bond donors (Lipinski definition) is 2. The maximum Gasteiger partial charge on any atom is 0.122 e. The topological polar surface area (TPSA) is 47.3 Å². The van der Waals surface area contributed by atoms with E-state index in [2.05, 4.69) is 25.2 Å². The summed E-state index contributed by atoms with van der Waals surface area (Å²) in [4.78, 5) is 0. The smallest absolute Gasteiger partial charge is 0.122 e. The zero-order valence-electron chi connectivity index (χ0n) is 10.6. The molecule has 3 nitrogen and oxygen atoms in total. The molecule has 0 amide bonds. The summed E-state index contributed by atoms with van der Waals surface area (Å²) >= 11 is 0. The van der Waals surface area contributed by atoms with E-state index in [1.807, 2.05) is 26.0 Å². The van der Waals surface area contributed by atoms with Crippen LogP contribution in [0.15, 0.2) is 18.2 Å². The largest absolute Gasteiger partial charge is 0.494 e. The van der Waals surface area contributed by atoms with E-state index in [9.17, 15) is 0 Å². The molecule has 0 radical (unpaired) electrons. The fourth-order valence-electron chi connectivity index (χ4n) is 1.49. The molecule has 3 N–H and O–H groups in total. The second-order valence-corrected chi connectivity index (χ2v) is 4.63. The second kappa shape index (κ2) is 5.21. The summed E-state index contributed by atoms with van der Waals surface area (Å²) < 4.78 is 5.50. The summed E-state index contributed by atoms with van der Waals surface area (Å²) in [6.07, 6.45) is 0. The van der Waals surface area contributed by atoms with Crippen molar-refractivity contribution in [3.05, 3.63) is 23.8 Å². The van der Waals surface area contributed by atoms with Crippen LogP contribution in [-0.4, -0.2) is 18.7 Å². The predicted octanol–water partition coefficient (Wildman–Crippen LogP) is 2.54. The number of nitrogens with one attached hydrogen (secondary N) is 1. The average molecular weight is 222 g/mol. The monoisotopic (exact) mass is 222 g/mol. The molecule has 0 aliphatic rings. The van der Waals surface area contributed by atoms with Crippen molar-refractivity contribution in [2.75, 3.05) is 18.5 Å². The van der Waals surface area contributed by atoms with Crippen molar-refractivity contribution in [3.8, 4) is 5.75 Å². The van der Waals surface area contributed by atoms with Crippen LogP contribution in [0.1, 0.15) is 26.3 Å². The molecule has 0 atom stereocenters. The lowest BCUT2D eigenvalue weighted by Crippen LogP contribution is -2.39. The lowest BCUT2D eigenvalue weighted by atomic mass is 10.1. The Labute approximate surface area is 98.0 Å². The van der Waals surface area contributed by atoms with Crippen molar-refractivity contribution in [3.63, 3.8) is 0 Å². The van der Waals surface area contributed by atoms with Gasteiger partial charge in [0.15, 0.2) is 0 Å². The van der Waals surface area contributed by atoms with Crippen LogP contribution in [0.3, 0.4) is 0 Å². The van der Waals surface area contributed by atoms with E-state index in [1.165, 1.54) is 0 Å². The first-order chi connectivity index (χ1) is 7.48. The molecular formula is C13H22N2O. The van der Waals surface area contributed by atoms with Crippen LogP contribution < -0.4 is 15.8 Å². The number of aryl methyl sites for hydroxylation is 1. The van der Waals surface area contributed by atoms with Gasteiger partial charge in [0.1, 0.15) is 5.75 Å². The Morgan fingerprint density at radius 3 is 2.56 bits per heavy atom. The molecule has 16 heavy (non-hydrogen) atoms. The van der Waals surface area contributed by atoms with Crippen LogP contribution in [0.25, 0.3) is 0 Å². The van der Waals surface area contributed by atoms with Gasteiger partial charge in [-0.15, -0.1) is 0 Å². The Morgan fingerprint density at radius 2 is 2.06 bits per heavy atom. The Balaban J connectivity index is 2.81. The van der Waals surface area contributed by atoms with Gasteiger partial charge in [-0.1, -0.05) is 0 Å². The summed E-state index contributed by atoms with van der Waals surface area (Å²) in [6.45, 7) is 9.49. The van der Waals surface area contributed by atoms with Gasteiger partial charge in [-0.05, 0) is 51.5 Å². The lowest BCUT2D eigenvalue weighted by molar-refractivity contribution is 0.338. The van der Waals surface area contributed by atoms with Crippen LogP contribution in [0.5, 0.6) is 5.75 Å². The van der Waals surface area contributed by atoms with Crippen LogP contribution in [0, 0.1) is 6.92 Å². The minimum absolute atomic E-state index is 0.0838. The zero-order valence-corrected chi connectivity index (χ0v) is 10.6. The highest BCUT2D eigenvalue weighted by Gasteiger charge is 2.14. The maximum absolute atomic E-state index is 5.68. The van der Waals surface area contributed by atoms with Crippen molar-refractivity contribution < 1.29 is 4.74 Å². The molecule has 0 spiro atoms. The van der Waals surface area contributed by atoms with Crippen LogP contribution in [0.4, 0.5) is 5.69 Å². The minimum Gasteiger partial charge on any atom is -0.494 e. The molecule has 0 saturated heterocycles. The highest BCUT2D eigenvalue weighted by Crippen LogP contribution is 2.23. The van der Waals surface area contributed by atoms with Crippen molar-refractivity contribution in [2.24, 2.45) is 5.73 Å². The quantitative estimate of drug-likeness (QED) is 0.805. The van der Waals surface area contributed by atoms with Gasteiger partial charge >= 0.3 is 0 Å². The third-order valence-electron chi connectivity index (χ3n) is 2.47. The second-order valence-electron chi connectivity index (χ2n) is 4.63. The van der Waals surface area contributed by atoms with Gasteiger partial charge in [-0.25, -0.2) is 0 Å². The first-order valence-electron chi connectivity index (χ1n) is 5.70. The predicted molar refractivity (Wildman–Crippen MR) is 69.1 cm³/mol. The molecule has 90 valence electrons. The van der Waals surface area contributed by atoms with E-state index in [-0.39, 0.29) is 5.54 Å². The van der Waals surface area contributed by atoms with E-state index < -0.39 is 0 Å². The van der Waals surface area contributed by atoms with E-state index >= 15 is 0 Å². The van der Waals surface area contributed by atoms with Gasteiger partial charge in [0, 0.05) is 17.8 Å². The highest BCUT2D eigenvalue weighted by molar-refractivity contribution is 5.52. The van der Waals surface area contributed by atoms with Crippen LogP contribution in [-0.2, 0) is 0 Å². The maximum atomic E-state index is 5.68. The van der Waals surface area contributed by atoms with E-state index in [0.717, 1.165) is 17.0 Å². The number of anilines is 1. The summed E-state index contributed by atoms with van der Waals surface area (Å²) in [6, 6.07) is 6.10. The SMILES string of the molecule is CCOc1ccc(NC(C)(C)CN)cc1C. The molecule has 1 aromatic carbocycles. The summed E-state index contributed by atoms with van der Waals surface area (Å²) in [5, 5.41) is 3.40. The molecule has 0 aliphatic carbocycles. The average Bonchev–Trinajstić information content (AvgIpc) is 2.22. The first kappa shape index (κ1) is 12.8. The van der Waals surface area contributed by atoms with Gasteiger partial charge < -0.3 is 15.8 Å². The molecule has 0 fully saturated rings. The molecule has 3 heteroatoms. The van der Waals surface area contributed by atoms with Gasteiger partial charge in [0.2, 0.25) is 0 Å². The summed E-state index contributed by atoms with van der Waals surface area (Å²) in [7, 11) is 0. The fraction of sp³-hybridized carbons (Fsp3) is 0.538. The van der Waals surface area contributed by atoms with E-state index in [0.29, 0.717) is 13.2 Å². The van der Waals surface area contributed by atoms with Crippen molar-refractivity contribution in [2.45, 2.75) is 33.2 Å². The molecule has 0 aromatic heterocycles. The molecule has 0 heterocycles. The molecular weight excluding hydrogens is 200 g/mol. The number of ether oxygens (including phenoxy) is 1. The van der Waals surface area contributed by atoms with Crippen molar-refractivity contribution in [1.29, 1.82) is 0 Å². The third kappa shape index (κ3) is 3.42. The summed E-state index contributed by atoms with van der Waals surface area (Å²) in [5.41, 5.74) is 7.82. The standard InChI is InChI=1S/C13H22N2O/c1-5-16-12-7-6-11(8-10(12)2)15-13(3,4)9-14/h6-8,15H,5,9,14H2,1-4H3. The number of benzene rings is 1. The molecule has 0 aliphatic heterocycles. The van der Waals surface area contributed by atoms with E-state index in [4.69, 9.17) is 10.5 Å². The number of rotatable bonds is 5. The highest BCUT2D eigenvalue weighted by atomic mass is 16.5. The zero-order chi connectivity index (χ0) is 12.2. The Kier molecular flexibility index (Phi) is 4.19. The third-order valence-corrected chi connectivity index (χ3v) is 2.47. The molecule has 0 saturated carbocycles. The number of nitrogens with two attached hydrogens (primary N) is 1. The normalized spacial score (nSPS) is 11.3. The molecule has 0 bridgehead atoms. The molecule has 1 rings (SSSR count). The first-order valence-corrected chi connectivity index (χ1v) is 5.70. The van der Waals surface area contributed by atoms with E-state index in [1.54, 1.807) is 0 Å². The van der Waals surface area contributed by atoms with Crippen molar-refractivity contribution >= 4 is 5.69 Å². The lowest BCUT2D eigenvalue weighted by Gasteiger charge is -2.26. The Hall–Kier alpha value is -1.22. The number of hydrogen-bond acceptors (Lipinski definition) is 3. The van der Waals surface area contributed by atoms with Crippen LogP contribution in [0.2, 0.25) is 0 Å². The van der Waals surface area contributed by atoms with Gasteiger partial charge in [0.25, 0.3) is 0 Å². The molecule has 0 unspecified atom stereocenters. The van der Waals surface area contributed by atoms with Crippen molar-refractivity contribution in [1.82, 2.24) is 0 Å². The van der Waals surface area contributed by atoms with Crippen LogP contribution >= 0.6 is 0 Å². The fourth-order valence-corrected chi connectivity index (χ4v) is 1.49. The Bertz CT molecular complexity index is 348. The van der Waals surface area contributed by atoms with Gasteiger partial charge in [-0.3, -0.25) is 0 Å². The minimum atomic E-state index is -0.0838. The molecule has 1 aromatic rings. The van der Waals surface area contributed by atoms with Gasteiger partial charge in [-0.2, -0.15) is 0 Å².